The van der Waals surface area contributed by atoms with Gasteiger partial charge in [-0.25, -0.2) is 0 Å². The molecule has 0 saturated carbocycles. The molecule has 0 spiro atoms. The van der Waals surface area contributed by atoms with Crippen LogP contribution in [0.25, 0.3) is 0 Å². The third-order valence-electron chi connectivity index (χ3n) is 3.93. The van der Waals surface area contributed by atoms with Gasteiger partial charge < -0.3 is 5.32 Å². The van der Waals surface area contributed by atoms with Gasteiger partial charge in [0.1, 0.15) is 0 Å². The molecule has 2 aromatic carbocycles. The van der Waals surface area contributed by atoms with Crippen molar-refractivity contribution in [2.75, 3.05) is 11.9 Å². The van der Waals surface area contributed by atoms with Crippen molar-refractivity contribution in [3.8, 4) is 0 Å². The summed E-state index contributed by atoms with van der Waals surface area (Å²) in [6, 6.07) is 14.3. The van der Waals surface area contributed by atoms with E-state index in [1.807, 2.05) is 18.2 Å². The number of rotatable bonds is 4. The van der Waals surface area contributed by atoms with E-state index < -0.39 is 0 Å². The van der Waals surface area contributed by atoms with Crippen LogP contribution in [0.5, 0.6) is 0 Å². The number of carbonyl (C=O) groups is 1. The molecule has 0 bridgehead atoms. The van der Waals surface area contributed by atoms with Gasteiger partial charge in [-0.15, -0.1) is 0 Å². The minimum atomic E-state index is 0.198. The van der Waals surface area contributed by atoms with Gasteiger partial charge in [-0.2, -0.15) is 0 Å². The normalized spacial score (nSPS) is 12.8. The number of aryl methyl sites for hydroxylation is 1. The lowest BCUT2D eigenvalue weighted by Crippen LogP contribution is -2.04. The van der Waals surface area contributed by atoms with E-state index in [1.165, 1.54) is 16.8 Å². The maximum Gasteiger partial charge on any atom is 0.167 e. The van der Waals surface area contributed by atoms with Crippen LogP contribution in [-0.2, 0) is 19.3 Å². The Bertz CT molecular complexity index is 628. The molecule has 1 aliphatic heterocycles. The monoisotopic (exact) mass is 265 g/mol. The summed E-state index contributed by atoms with van der Waals surface area (Å²) in [5.41, 5.74) is 5.66. The van der Waals surface area contributed by atoms with Crippen LogP contribution >= 0.6 is 0 Å². The predicted molar refractivity (Wildman–Crippen MR) is 82.5 cm³/mol. The largest absolute Gasteiger partial charge is 0.384 e. The molecule has 2 heteroatoms. The first-order valence-corrected chi connectivity index (χ1v) is 7.24. The number of nitrogens with one attached hydrogen (secondary N) is 1. The van der Waals surface area contributed by atoms with Gasteiger partial charge in [0.05, 0.1) is 0 Å². The zero-order valence-corrected chi connectivity index (χ0v) is 11.8. The first-order chi connectivity index (χ1) is 9.76. The Kier molecular flexibility index (Phi) is 3.55. The summed E-state index contributed by atoms with van der Waals surface area (Å²) in [4.78, 5) is 12.3. The standard InChI is InChI=1S/C18H19NO/c1-2-13-3-5-14(6-4-13)11-18(20)16-7-8-17-15(12-16)9-10-19-17/h3-8,12,19H,2,9-11H2,1H3. The molecule has 2 nitrogen and oxygen atoms in total. The van der Waals surface area contributed by atoms with E-state index >= 15 is 0 Å². The van der Waals surface area contributed by atoms with Crippen molar-refractivity contribution < 1.29 is 4.79 Å². The lowest BCUT2D eigenvalue weighted by atomic mass is 9.99. The second-order valence-electron chi connectivity index (χ2n) is 5.32. The van der Waals surface area contributed by atoms with Crippen molar-refractivity contribution in [1.82, 2.24) is 0 Å². The maximum atomic E-state index is 12.3. The molecule has 102 valence electrons. The fraction of sp³-hybridized carbons (Fsp3) is 0.278. The second-order valence-corrected chi connectivity index (χ2v) is 5.32. The predicted octanol–water partition coefficient (Wildman–Crippen LogP) is 3.64. The molecule has 1 heterocycles. The van der Waals surface area contributed by atoms with Crippen LogP contribution in [0.2, 0.25) is 0 Å². The Morgan fingerprint density at radius 2 is 1.85 bits per heavy atom. The van der Waals surface area contributed by atoms with Gasteiger partial charge in [-0.1, -0.05) is 31.2 Å². The minimum Gasteiger partial charge on any atom is -0.384 e. The number of benzene rings is 2. The van der Waals surface area contributed by atoms with Crippen molar-refractivity contribution in [2.24, 2.45) is 0 Å². The van der Waals surface area contributed by atoms with Gasteiger partial charge in [0.15, 0.2) is 5.78 Å². The summed E-state index contributed by atoms with van der Waals surface area (Å²) in [5, 5.41) is 3.32. The molecule has 0 radical (unpaired) electrons. The lowest BCUT2D eigenvalue weighted by Gasteiger charge is -2.05. The average Bonchev–Trinajstić information content (AvgIpc) is 2.95. The van der Waals surface area contributed by atoms with Crippen molar-refractivity contribution in [2.45, 2.75) is 26.2 Å². The second kappa shape index (κ2) is 5.49. The van der Waals surface area contributed by atoms with Crippen LogP contribution in [0, 0.1) is 0 Å². The van der Waals surface area contributed by atoms with Gasteiger partial charge in [0.2, 0.25) is 0 Å². The van der Waals surface area contributed by atoms with Gasteiger partial charge in [-0.3, -0.25) is 4.79 Å². The van der Waals surface area contributed by atoms with Crippen LogP contribution in [0.15, 0.2) is 42.5 Å². The Morgan fingerprint density at radius 3 is 2.60 bits per heavy atom. The zero-order chi connectivity index (χ0) is 13.9. The van der Waals surface area contributed by atoms with E-state index in [2.05, 4.69) is 36.5 Å². The zero-order valence-electron chi connectivity index (χ0n) is 11.8. The summed E-state index contributed by atoms with van der Waals surface area (Å²) in [5.74, 6) is 0.198. The van der Waals surface area contributed by atoms with Crippen LogP contribution in [-0.4, -0.2) is 12.3 Å². The number of fused-ring (bicyclic) bond motifs is 1. The van der Waals surface area contributed by atoms with Crippen LogP contribution in [0.3, 0.4) is 0 Å². The Morgan fingerprint density at radius 1 is 1.10 bits per heavy atom. The van der Waals surface area contributed by atoms with Gasteiger partial charge in [0, 0.05) is 24.2 Å². The minimum absolute atomic E-state index is 0.198. The summed E-state index contributed by atoms with van der Waals surface area (Å²) < 4.78 is 0. The highest BCUT2D eigenvalue weighted by atomic mass is 16.1. The highest BCUT2D eigenvalue weighted by Crippen LogP contribution is 2.23. The van der Waals surface area contributed by atoms with E-state index in [0.717, 1.165) is 30.5 Å². The van der Waals surface area contributed by atoms with E-state index in [9.17, 15) is 4.79 Å². The fourth-order valence-electron chi connectivity index (χ4n) is 2.66. The third-order valence-corrected chi connectivity index (χ3v) is 3.93. The van der Waals surface area contributed by atoms with E-state index in [1.54, 1.807) is 0 Å². The SMILES string of the molecule is CCc1ccc(CC(=O)c2ccc3c(c2)CCN3)cc1. The molecule has 1 N–H and O–H groups in total. The quantitative estimate of drug-likeness (QED) is 0.855. The number of carbonyl (C=O) groups excluding carboxylic acids is 1. The molecule has 20 heavy (non-hydrogen) atoms. The van der Waals surface area contributed by atoms with E-state index in [0.29, 0.717) is 6.42 Å². The molecule has 1 aliphatic rings. The maximum absolute atomic E-state index is 12.3. The molecule has 0 atom stereocenters. The smallest absolute Gasteiger partial charge is 0.167 e. The van der Waals surface area contributed by atoms with Crippen molar-refractivity contribution in [3.63, 3.8) is 0 Å². The molecule has 0 aromatic heterocycles. The Hall–Kier alpha value is -2.09. The van der Waals surface area contributed by atoms with Crippen molar-refractivity contribution in [1.29, 1.82) is 0 Å². The molecule has 3 rings (SSSR count). The number of ketones is 1. The lowest BCUT2D eigenvalue weighted by molar-refractivity contribution is 0.0993. The highest BCUT2D eigenvalue weighted by molar-refractivity contribution is 5.98. The first-order valence-electron chi connectivity index (χ1n) is 7.24. The molecular formula is C18H19NO. The number of hydrogen-bond acceptors (Lipinski definition) is 2. The van der Waals surface area contributed by atoms with Crippen molar-refractivity contribution >= 4 is 11.5 Å². The third kappa shape index (κ3) is 2.60. The number of Topliss-reactive ketones (excluding diaryl/α,β-unsaturated/α-hetero) is 1. The average molecular weight is 265 g/mol. The number of hydrogen-bond donors (Lipinski definition) is 1. The van der Waals surface area contributed by atoms with Gasteiger partial charge >= 0.3 is 0 Å². The van der Waals surface area contributed by atoms with Crippen LogP contribution < -0.4 is 5.32 Å². The molecule has 0 saturated heterocycles. The molecule has 0 amide bonds. The first kappa shape index (κ1) is 12.9. The fourth-order valence-corrected chi connectivity index (χ4v) is 2.66. The molecule has 0 fully saturated rings. The summed E-state index contributed by atoms with van der Waals surface area (Å²) in [6.07, 6.45) is 2.53. The summed E-state index contributed by atoms with van der Waals surface area (Å²) in [7, 11) is 0. The Balaban J connectivity index is 1.75. The summed E-state index contributed by atoms with van der Waals surface area (Å²) >= 11 is 0. The molecular weight excluding hydrogens is 246 g/mol. The van der Waals surface area contributed by atoms with Crippen molar-refractivity contribution in [3.05, 3.63) is 64.7 Å². The topological polar surface area (TPSA) is 29.1 Å². The number of anilines is 1. The Labute approximate surface area is 119 Å². The summed E-state index contributed by atoms with van der Waals surface area (Å²) in [6.45, 7) is 3.12. The van der Waals surface area contributed by atoms with Crippen LogP contribution in [0.1, 0.15) is 34.0 Å². The van der Waals surface area contributed by atoms with E-state index in [4.69, 9.17) is 0 Å². The molecule has 0 aliphatic carbocycles. The van der Waals surface area contributed by atoms with E-state index in [-0.39, 0.29) is 5.78 Å². The van der Waals surface area contributed by atoms with Gasteiger partial charge in [0.25, 0.3) is 0 Å². The molecule has 0 unspecified atom stereocenters. The molecule has 2 aromatic rings. The van der Waals surface area contributed by atoms with Gasteiger partial charge in [-0.05, 0) is 47.7 Å². The highest BCUT2D eigenvalue weighted by Gasteiger charge is 2.13. The van der Waals surface area contributed by atoms with Crippen LogP contribution in [0.4, 0.5) is 5.69 Å².